The minimum atomic E-state index is -0.405. The van der Waals surface area contributed by atoms with Gasteiger partial charge in [-0.15, -0.1) is 0 Å². The number of rotatable bonds is 3. The SMILES string of the molecule is O[C@H]1CCCc2ccc(OCc3cncc(F)c3)cc21. The topological polar surface area (TPSA) is 42.4 Å². The maximum absolute atomic E-state index is 13.0. The Hall–Kier alpha value is -1.94. The Bertz CT molecular complexity index is 615. The summed E-state index contributed by atoms with van der Waals surface area (Å²) < 4.78 is 18.7. The van der Waals surface area contributed by atoms with Crippen molar-refractivity contribution >= 4 is 0 Å². The van der Waals surface area contributed by atoms with Crippen LogP contribution in [0.15, 0.2) is 36.7 Å². The van der Waals surface area contributed by atoms with Gasteiger partial charge in [-0.2, -0.15) is 0 Å². The Morgan fingerprint density at radius 1 is 1.30 bits per heavy atom. The molecular weight excluding hydrogens is 257 g/mol. The van der Waals surface area contributed by atoms with Gasteiger partial charge in [-0.3, -0.25) is 4.98 Å². The molecule has 1 atom stereocenters. The Labute approximate surface area is 117 Å². The molecule has 1 N–H and O–H groups in total. The fourth-order valence-corrected chi connectivity index (χ4v) is 2.54. The summed E-state index contributed by atoms with van der Waals surface area (Å²) in [4.78, 5) is 3.78. The lowest BCUT2D eigenvalue weighted by Gasteiger charge is -2.22. The maximum Gasteiger partial charge on any atom is 0.141 e. The Morgan fingerprint density at radius 2 is 2.20 bits per heavy atom. The molecule has 1 aliphatic rings. The molecule has 20 heavy (non-hydrogen) atoms. The number of aliphatic hydroxyl groups is 1. The van der Waals surface area contributed by atoms with Gasteiger partial charge < -0.3 is 9.84 Å². The van der Waals surface area contributed by atoms with Crippen LogP contribution in [-0.4, -0.2) is 10.1 Å². The summed E-state index contributed by atoms with van der Waals surface area (Å²) in [5.74, 6) is 0.320. The quantitative estimate of drug-likeness (QED) is 0.934. The van der Waals surface area contributed by atoms with E-state index in [-0.39, 0.29) is 12.4 Å². The fourth-order valence-electron chi connectivity index (χ4n) is 2.54. The monoisotopic (exact) mass is 273 g/mol. The van der Waals surface area contributed by atoms with Crippen molar-refractivity contribution in [1.82, 2.24) is 4.98 Å². The lowest BCUT2D eigenvalue weighted by Crippen LogP contribution is -2.09. The number of halogens is 1. The van der Waals surface area contributed by atoms with Crippen LogP contribution in [0.1, 0.15) is 35.6 Å². The number of hydrogen-bond donors (Lipinski definition) is 1. The van der Waals surface area contributed by atoms with E-state index in [0.717, 1.165) is 24.8 Å². The van der Waals surface area contributed by atoms with Gasteiger partial charge in [0.25, 0.3) is 0 Å². The summed E-state index contributed by atoms with van der Waals surface area (Å²) in [6.07, 6.45) is 5.15. The van der Waals surface area contributed by atoms with Crippen molar-refractivity contribution in [2.24, 2.45) is 0 Å². The number of pyridine rings is 1. The first kappa shape index (κ1) is 13.1. The molecule has 1 aliphatic carbocycles. The number of fused-ring (bicyclic) bond motifs is 1. The van der Waals surface area contributed by atoms with Crippen LogP contribution in [0.3, 0.4) is 0 Å². The number of hydrogen-bond acceptors (Lipinski definition) is 3. The summed E-state index contributed by atoms with van der Waals surface area (Å²) in [6.45, 7) is 0.264. The van der Waals surface area contributed by atoms with Crippen molar-refractivity contribution < 1.29 is 14.2 Å². The molecule has 0 saturated heterocycles. The summed E-state index contributed by atoms with van der Waals surface area (Å²) >= 11 is 0. The molecule has 0 amide bonds. The molecule has 0 spiro atoms. The summed E-state index contributed by atoms with van der Waals surface area (Å²) in [5, 5.41) is 9.99. The van der Waals surface area contributed by atoms with Gasteiger partial charge in [0.15, 0.2) is 0 Å². The second-order valence-corrected chi connectivity index (χ2v) is 5.07. The zero-order valence-electron chi connectivity index (χ0n) is 11.1. The van der Waals surface area contributed by atoms with Gasteiger partial charge in [0.2, 0.25) is 0 Å². The number of aryl methyl sites for hydroxylation is 1. The van der Waals surface area contributed by atoms with Crippen LogP contribution >= 0.6 is 0 Å². The van der Waals surface area contributed by atoms with Gasteiger partial charge in [-0.05, 0) is 48.6 Å². The minimum absolute atomic E-state index is 0.264. The minimum Gasteiger partial charge on any atom is -0.489 e. The highest BCUT2D eigenvalue weighted by Crippen LogP contribution is 2.32. The van der Waals surface area contributed by atoms with Crippen molar-refractivity contribution in [2.45, 2.75) is 32.0 Å². The van der Waals surface area contributed by atoms with Gasteiger partial charge in [0.05, 0.1) is 12.3 Å². The van der Waals surface area contributed by atoms with Crippen LogP contribution < -0.4 is 4.74 Å². The van der Waals surface area contributed by atoms with Crippen molar-refractivity contribution in [3.8, 4) is 5.75 Å². The van der Waals surface area contributed by atoms with E-state index in [2.05, 4.69) is 4.98 Å². The van der Waals surface area contributed by atoms with E-state index < -0.39 is 6.10 Å². The van der Waals surface area contributed by atoms with E-state index in [1.807, 2.05) is 18.2 Å². The highest BCUT2D eigenvalue weighted by molar-refractivity contribution is 5.38. The third kappa shape index (κ3) is 2.80. The molecule has 0 saturated carbocycles. The van der Waals surface area contributed by atoms with Crippen LogP contribution in [0.5, 0.6) is 5.75 Å². The second-order valence-electron chi connectivity index (χ2n) is 5.07. The molecule has 1 aromatic heterocycles. The number of nitrogens with zero attached hydrogens (tertiary/aromatic N) is 1. The van der Waals surface area contributed by atoms with E-state index in [1.54, 1.807) is 6.20 Å². The Morgan fingerprint density at radius 3 is 3.05 bits per heavy atom. The number of aliphatic hydroxyl groups excluding tert-OH is 1. The van der Waals surface area contributed by atoms with Crippen LogP contribution in [0.2, 0.25) is 0 Å². The first-order valence-corrected chi connectivity index (χ1v) is 6.75. The molecule has 3 rings (SSSR count). The van der Waals surface area contributed by atoms with E-state index in [0.29, 0.717) is 11.3 Å². The zero-order valence-corrected chi connectivity index (χ0v) is 11.1. The fraction of sp³-hybridized carbons (Fsp3) is 0.312. The molecule has 3 nitrogen and oxygen atoms in total. The lowest BCUT2D eigenvalue weighted by molar-refractivity contribution is 0.156. The number of aromatic nitrogens is 1. The molecule has 1 heterocycles. The van der Waals surface area contributed by atoms with Crippen molar-refractivity contribution in [3.05, 3.63) is 59.2 Å². The van der Waals surface area contributed by atoms with E-state index >= 15 is 0 Å². The first-order valence-electron chi connectivity index (χ1n) is 6.75. The second kappa shape index (κ2) is 5.59. The average Bonchev–Trinajstić information content (AvgIpc) is 2.46. The largest absolute Gasteiger partial charge is 0.489 e. The van der Waals surface area contributed by atoms with Gasteiger partial charge in [0, 0.05) is 11.8 Å². The highest BCUT2D eigenvalue weighted by Gasteiger charge is 2.18. The van der Waals surface area contributed by atoms with Crippen LogP contribution in [-0.2, 0) is 13.0 Å². The summed E-state index contributed by atoms with van der Waals surface area (Å²) in [7, 11) is 0. The zero-order chi connectivity index (χ0) is 13.9. The molecule has 2 aromatic rings. The molecule has 0 aliphatic heterocycles. The smallest absolute Gasteiger partial charge is 0.141 e. The average molecular weight is 273 g/mol. The van der Waals surface area contributed by atoms with Gasteiger partial charge in [-0.1, -0.05) is 6.07 Å². The molecule has 0 fully saturated rings. The highest BCUT2D eigenvalue weighted by atomic mass is 19.1. The van der Waals surface area contributed by atoms with E-state index in [1.165, 1.54) is 17.8 Å². The molecule has 0 unspecified atom stereocenters. The third-order valence-corrected chi connectivity index (χ3v) is 3.57. The number of benzene rings is 1. The van der Waals surface area contributed by atoms with Crippen molar-refractivity contribution in [2.75, 3.05) is 0 Å². The van der Waals surface area contributed by atoms with E-state index in [9.17, 15) is 9.50 Å². The summed E-state index contributed by atoms with van der Waals surface area (Å²) in [6, 6.07) is 7.17. The Kier molecular flexibility index (Phi) is 3.65. The lowest BCUT2D eigenvalue weighted by atomic mass is 9.89. The molecule has 104 valence electrons. The van der Waals surface area contributed by atoms with Gasteiger partial charge >= 0.3 is 0 Å². The standard InChI is InChI=1S/C16H16FNO2/c17-13-6-11(8-18-9-13)10-20-14-5-4-12-2-1-3-16(19)15(12)7-14/h4-9,16,19H,1-3,10H2/t16-/m0/s1. The van der Waals surface area contributed by atoms with Crippen LogP contribution in [0, 0.1) is 5.82 Å². The summed E-state index contributed by atoms with van der Waals surface area (Å²) in [5.41, 5.74) is 2.82. The molecule has 0 radical (unpaired) electrons. The molecule has 4 heteroatoms. The van der Waals surface area contributed by atoms with Gasteiger partial charge in [-0.25, -0.2) is 4.39 Å². The number of ether oxygens (including phenoxy) is 1. The Balaban J connectivity index is 1.73. The molecule has 0 bridgehead atoms. The van der Waals surface area contributed by atoms with Gasteiger partial charge in [0.1, 0.15) is 18.2 Å². The van der Waals surface area contributed by atoms with Crippen molar-refractivity contribution in [1.29, 1.82) is 0 Å². The normalized spacial score (nSPS) is 17.6. The predicted octanol–water partition coefficient (Wildman–Crippen LogP) is 3.17. The predicted molar refractivity (Wildman–Crippen MR) is 72.9 cm³/mol. The third-order valence-electron chi connectivity index (χ3n) is 3.57. The molecular formula is C16H16FNO2. The molecule has 1 aromatic carbocycles. The maximum atomic E-state index is 13.0. The first-order chi connectivity index (χ1) is 9.72. The van der Waals surface area contributed by atoms with Crippen LogP contribution in [0.25, 0.3) is 0 Å². The van der Waals surface area contributed by atoms with Crippen LogP contribution in [0.4, 0.5) is 4.39 Å². The van der Waals surface area contributed by atoms with Crippen molar-refractivity contribution in [3.63, 3.8) is 0 Å². The van der Waals surface area contributed by atoms with E-state index in [4.69, 9.17) is 4.74 Å².